The van der Waals surface area contributed by atoms with E-state index in [1.54, 1.807) is 36.0 Å². The Morgan fingerprint density at radius 2 is 1.89 bits per heavy atom. The van der Waals surface area contributed by atoms with Gasteiger partial charge in [-0.2, -0.15) is 0 Å². The molecule has 0 heterocycles. The molecule has 0 saturated heterocycles. The molecule has 0 unspecified atom stereocenters. The summed E-state index contributed by atoms with van der Waals surface area (Å²) in [6.07, 6.45) is 1.99. The van der Waals surface area contributed by atoms with Gasteiger partial charge in [-0.25, -0.2) is 4.39 Å². The highest BCUT2D eigenvalue weighted by Gasteiger charge is 2.12. The van der Waals surface area contributed by atoms with E-state index < -0.39 is 5.82 Å². The van der Waals surface area contributed by atoms with Gasteiger partial charge in [0.1, 0.15) is 5.82 Å². The highest BCUT2D eigenvalue weighted by atomic mass is 35.5. The van der Waals surface area contributed by atoms with E-state index in [0.717, 1.165) is 4.90 Å². The molecule has 2 rings (SSSR count). The van der Waals surface area contributed by atoms with Crippen molar-refractivity contribution < 1.29 is 9.18 Å². The van der Waals surface area contributed by atoms with Crippen LogP contribution >= 0.6 is 23.4 Å². The van der Waals surface area contributed by atoms with Gasteiger partial charge in [-0.1, -0.05) is 35.9 Å². The molecule has 0 aliphatic carbocycles. The molecule has 0 radical (unpaired) electrons. The van der Waals surface area contributed by atoms with Crippen molar-refractivity contribution in [3.63, 3.8) is 0 Å². The first kappa shape index (κ1) is 14.1. The largest absolute Gasteiger partial charge is 0.294 e. The molecule has 0 bridgehead atoms. The Balaban J connectivity index is 2.18. The van der Waals surface area contributed by atoms with Gasteiger partial charge in [0, 0.05) is 16.9 Å². The number of carbonyl (C=O) groups excluding carboxylic acids is 1. The van der Waals surface area contributed by atoms with Gasteiger partial charge >= 0.3 is 0 Å². The van der Waals surface area contributed by atoms with Crippen LogP contribution in [0.2, 0.25) is 5.02 Å². The maximum Gasteiger partial charge on any atom is 0.167 e. The molecule has 0 fully saturated rings. The predicted molar refractivity (Wildman–Crippen MR) is 77.7 cm³/mol. The van der Waals surface area contributed by atoms with Crippen LogP contribution < -0.4 is 0 Å². The molecule has 0 amide bonds. The number of benzene rings is 2. The topological polar surface area (TPSA) is 17.1 Å². The smallest absolute Gasteiger partial charge is 0.167 e. The standard InChI is InChI=1S/C15H12ClFOS/c1-19-12-7-5-10(6-8-12)14(18)9-11-3-2-4-13(16)15(11)17/h2-8H,9H2,1H3. The van der Waals surface area contributed by atoms with Gasteiger partial charge in [0.05, 0.1) is 5.02 Å². The molecule has 0 aliphatic rings. The summed E-state index contributed by atoms with van der Waals surface area (Å²) in [6, 6.07) is 12.0. The third-order valence-electron chi connectivity index (χ3n) is 2.79. The van der Waals surface area contributed by atoms with E-state index in [0.29, 0.717) is 11.1 Å². The van der Waals surface area contributed by atoms with E-state index in [1.165, 1.54) is 6.07 Å². The molecule has 0 aliphatic heterocycles. The molecule has 0 spiro atoms. The van der Waals surface area contributed by atoms with Crippen molar-refractivity contribution in [3.05, 3.63) is 64.4 Å². The van der Waals surface area contributed by atoms with Crippen LogP contribution in [-0.2, 0) is 6.42 Å². The zero-order valence-electron chi connectivity index (χ0n) is 10.3. The van der Waals surface area contributed by atoms with Crippen LogP contribution in [0.15, 0.2) is 47.4 Å². The van der Waals surface area contributed by atoms with Crippen molar-refractivity contribution in [1.82, 2.24) is 0 Å². The van der Waals surface area contributed by atoms with E-state index in [9.17, 15) is 9.18 Å². The molecule has 2 aromatic rings. The lowest BCUT2D eigenvalue weighted by Gasteiger charge is -2.05. The molecule has 2 aromatic carbocycles. The van der Waals surface area contributed by atoms with E-state index >= 15 is 0 Å². The fourth-order valence-electron chi connectivity index (χ4n) is 1.74. The summed E-state index contributed by atoms with van der Waals surface area (Å²) >= 11 is 7.30. The molecule has 0 atom stereocenters. The Morgan fingerprint density at radius 3 is 2.53 bits per heavy atom. The maximum absolute atomic E-state index is 13.7. The number of ketones is 1. The predicted octanol–water partition coefficient (Wildman–Crippen LogP) is 4.63. The van der Waals surface area contributed by atoms with Gasteiger partial charge in [0.25, 0.3) is 0 Å². The number of thioether (sulfide) groups is 1. The normalized spacial score (nSPS) is 10.5. The Hall–Kier alpha value is -1.32. The van der Waals surface area contributed by atoms with Crippen LogP contribution in [-0.4, -0.2) is 12.0 Å². The molecule has 1 nitrogen and oxygen atoms in total. The molecule has 19 heavy (non-hydrogen) atoms. The van der Waals surface area contributed by atoms with Crippen LogP contribution in [0, 0.1) is 5.82 Å². The summed E-state index contributed by atoms with van der Waals surface area (Å²) in [4.78, 5) is 13.1. The third-order valence-corrected chi connectivity index (χ3v) is 3.83. The Labute approximate surface area is 120 Å². The van der Waals surface area contributed by atoms with Crippen molar-refractivity contribution in [2.24, 2.45) is 0 Å². The summed E-state index contributed by atoms with van der Waals surface area (Å²) in [5.41, 5.74) is 0.906. The number of rotatable bonds is 4. The number of Topliss-reactive ketones (excluding diaryl/α,β-unsaturated/α-hetero) is 1. The Bertz CT molecular complexity index is 596. The van der Waals surface area contributed by atoms with Crippen LogP contribution in [0.25, 0.3) is 0 Å². The van der Waals surface area contributed by atoms with E-state index in [4.69, 9.17) is 11.6 Å². The minimum Gasteiger partial charge on any atom is -0.294 e. The highest BCUT2D eigenvalue weighted by molar-refractivity contribution is 7.98. The lowest BCUT2D eigenvalue weighted by Crippen LogP contribution is -2.05. The second-order valence-electron chi connectivity index (χ2n) is 4.04. The molecular weight excluding hydrogens is 283 g/mol. The van der Waals surface area contributed by atoms with Gasteiger partial charge < -0.3 is 0 Å². The van der Waals surface area contributed by atoms with Gasteiger partial charge in [-0.3, -0.25) is 4.79 Å². The number of halogens is 2. The first-order valence-electron chi connectivity index (χ1n) is 5.72. The fraction of sp³-hybridized carbons (Fsp3) is 0.133. The van der Waals surface area contributed by atoms with Gasteiger partial charge in [0.15, 0.2) is 5.78 Å². The monoisotopic (exact) mass is 294 g/mol. The summed E-state index contributed by atoms with van der Waals surface area (Å²) in [6.45, 7) is 0. The van der Waals surface area contributed by atoms with Crippen LogP contribution in [0.3, 0.4) is 0 Å². The number of carbonyl (C=O) groups is 1. The highest BCUT2D eigenvalue weighted by Crippen LogP contribution is 2.20. The van der Waals surface area contributed by atoms with Gasteiger partial charge in [0.2, 0.25) is 0 Å². The van der Waals surface area contributed by atoms with E-state index in [2.05, 4.69) is 0 Å². The third kappa shape index (κ3) is 3.37. The van der Waals surface area contributed by atoms with Crippen molar-refractivity contribution in [1.29, 1.82) is 0 Å². The SMILES string of the molecule is CSc1ccc(C(=O)Cc2cccc(Cl)c2F)cc1. The van der Waals surface area contributed by atoms with Crippen LogP contribution in [0.1, 0.15) is 15.9 Å². The van der Waals surface area contributed by atoms with Crippen molar-refractivity contribution in [2.45, 2.75) is 11.3 Å². The first-order chi connectivity index (χ1) is 9.11. The summed E-state index contributed by atoms with van der Waals surface area (Å²) in [5.74, 6) is -0.632. The zero-order chi connectivity index (χ0) is 13.8. The second kappa shape index (κ2) is 6.22. The van der Waals surface area contributed by atoms with E-state index in [1.807, 2.05) is 18.4 Å². The molecule has 4 heteroatoms. The minimum atomic E-state index is -0.516. The van der Waals surface area contributed by atoms with E-state index in [-0.39, 0.29) is 17.2 Å². The Kier molecular flexibility index (Phi) is 4.61. The summed E-state index contributed by atoms with van der Waals surface area (Å²) in [5, 5.41) is 0.0445. The average molecular weight is 295 g/mol. The zero-order valence-corrected chi connectivity index (χ0v) is 11.9. The minimum absolute atomic E-state index is 0.0189. The summed E-state index contributed by atoms with van der Waals surface area (Å²) in [7, 11) is 0. The van der Waals surface area contributed by atoms with Crippen molar-refractivity contribution in [3.8, 4) is 0 Å². The average Bonchev–Trinajstić information content (AvgIpc) is 2.44. The molecule has 0 N–H and O–H groups in total. The lowest BCUT2D eigenvalue weighted by molar-refractivity contribution is 0.0992. The van der Waals surface area contributed by atoms with Gasteiger partial charge in [-0.05, 0) is 30.0 Å². The second-order valence-corrected chi connectivity index (χ2v) is 5.33. The molecule has 98 valence electrons. The van der Waals surface area contributed by atoms with Crippen molar-refractivity contribution in [2.75, 3.05) is 6.26 Å². The fourth-order valence-corrected chi connectivity index (χ4v) is 2.34. The quantitative estimate of drug-likeness (QED) is 0.604. The molecule has 0 aromatic heterocycles. The van der Waals surface area contributed by atoms with Crippen LogP contribution in [0.4, 0.5) is 4.39 Å². The lowest BCUT2D eigenvalue weighted by atomic mass is 10.0. The van der Waals surface area contributed by atoms with Crippen LogP contribution in [0.5, 0.6) is 0 Å². The molecular formula is C15H12ClFOS. The summed E-state index contributed by atoms with van der Waals surface area (Å²) < 4.78 is 13.7. The number of hydrogen-bond donors (Lipinski definition) is 0. The Morgan fingerprint density at radius 1 is 1.21 bits per heavy atom. The number of hydrogen-bond acceptors (Lipinski definition) is 2. The first-order valence-corrected chi connectivity index (χ1v) is 7.32. The van der Waals surface area contributed by atoms with Gasteiger partial charge in [-0.15, -0.1) is 11.8 Å². The maximum atomic E-state index is 13.7. The molecule has 0 saturated carbocycles. The van der Waals surface area contributed by atoms with Crippen molar-refractivity contribution >= 4 is 29.1 Å².